The van der Waals surface area contributed by atoms with Crippen LogP contribution in [0, 0.1) is 6.92 Å². The highest BCUT2D eigenvalue weighted by Gasteiger charge is 2.22. The summed E-state index contributed by atoms with van der Waals surface area (Å²) in [6, 6.07) is 7.93. The summed E-state index contributed by atoms with van der Waals surface area (Å²) in [5, 5.41) is 8.86. The molecule has 25 heavy (non-hydrogen) atoms. The summed E-state index contributed by atoms with van der Waals surface area (Å²) in [6.45, 7) is 4.56. The normalized spacial score (nSPS) is 14.4. The minimum absolute atomic E-state index is 0.0733. The quantitative estimate of drug-likeness (QED) is 0.905. The maximum absolute atomic E-state index is 12.5. The molecule has 7 heteroatoms. The molecule has 1 N–H and O–H groups in total. The zero-order valence-corrected chi connectivity index (χ0v) is 14.1. The van der Waals surface area contributed by atoms with Crippen LogP contribution in [0.2, 0.25) is 0 Å². The van der Waals surface area contributed by atoms with Gasteiger partial charge in [0.1, 0.15) is 5.82 Å². The zero-order valence-electron chi connectivity index (χ0n) is 14.1. The fraction of sp³-hybridized carbons (Fsp3) is 0.333. The number of hydrogen-bond acceptors (Lipinski definition) is 5. The summed E-state index contributed by atoms with van der Waals surface area (Å²) in [6.07, 6.45) is 3.14. The van der Waals surface area contributed by atoms with Crippen molar-refractivity contribution in [1.82, 2.24) is 14.9 Å². The van der Waals surface area contributed by atoms with Crippen molar-refractivity contribution >= 4 is 17.7 Å². The van der Waals surface area contributed by atoms with Crippen molar-refractivity contribution in [3.05, 3.63) is 53.5 Å². The third-order valence-corrected chi connectivity index (χ3v) is 4.42. The Bertz CT molecular complexity index is 768. The zero-order chi connectivity index (χ0) is 17.8. The smallest absolute Gasteiger partial charge is 0.356 e. The lowest BCUT2D eigenvalue weighted by atomic mass is 10.1. The van der Waals surface area contributed by atoms with Gasteiger partial charge in [0, 0.05) is 26.2 Å². The molecule has 0 radical (unpaired) electrons. The number of hydrogen-bond donors (Lipinski definition) is 1. The molecule has 0 unspecified atom stereocenters. The molecule has 0 saturated carbocycles. The molecule has 1 saturated heterocycles. The van der Waals surface area contributed by atoms with Gasteiger partial charge in [-0.2, -0.15) is 0 Å². The standard InChI is InChI=1S/C18H20N4O3/c1-13-4-2-3-5-14(13)10-17(23)22-8-6-21(7-9-22)16-12-19-15(11-20-16)18(24)25/h2-5,11-12H,6-10H2,1H3,(H,24,25). The number of amides is 1. The highest BCUT2D eigenvalue weighted by molar-refractivity contribution is 5.85. The van der Waals surface area contributed by atoms with E-state index in [9.17, 15) is 9.59 Å². The first-order valence-electron chi connectivity index (χ1n) is 8.17. The van der Waals surface area contributed by atoms with Crippen molar-refractivity contribution in [2.24, 2.45) is 0 Å². The molecule has 1 aliphatic heterocycles. The van der Waals surface area contributed by atoms with Crippen LogP contribution in [-0.4, -0.2) is 58.0 Å². The van der Waals surface area contributed by atoms with E-state index in [-0.39, 0.29) is 11.6 Å². The van der Waals surface area contributed by atoms with E-state index in [4.69, 9.17) is 5.11 Å². The fourth-order valence-electron chi connectivity index (χ4n) is 2.86. The van der Waals surface area contributed by atoms with Gasteiger partial charge in [0.25, 0.3) is 0 Å². The van der Waals surface area contributed by atoms with Crippen LogP contribution >= 0.6 is 0 Å². The third-order valence-electron chi connectivity index (χ3n) is 4.42. The molecule has 2 aromatic rings. The van der Waals surface area contributed by atoms with Gasteiger partial charge in [-0.1, -0.05) is 24.3 Å². The average molecular weight is 340 g/mol. The number of carbonyl (C=O) groups is 2. The Morgan fingerprint density at radius 1 is 1.08 bits per heavy atom. The van der Waals surface area contributed by atoms with Crippen LogP contribution in [-0.2, 0) is 11.2 Å². The molecule has 1 aliphatic rings. The van der Waals surface area contributed by atoms with Gasteiger partial charge in [-0.25, -0.2) is 14.8 Å². The molecule has 0 spiro atoms. The number of carboxylic acids is 1. The minimum atomic E-state index is -1.09. The van der Waals surface area contributed by atoms with Gasteiger partial charge < -0.3 is 14.9 Å². The van der Waals surface area contributed by atoms with Crippen LogP contribution in [0.1, 0.15) is 21.6 Å². The second kappa shape index (κ2) is 7.29. The summed E-state index contributed by atoms with van der Waals surface area (Å²) >= 11 is 0. The lowest BCUT2D eigenvalue weighted by Gasteiger charge is -2.35. The van der Waals surface area contributed by atoms with Crippen molar-refractivity contribution in [2.75, 3.05) is 31.1 Å². The van der Waals surface area contributed by atoms with E-state index in [0.717, 1.165) is 11.1 Å². The lowest BCUT2D eigenvalue weighted by molar-refractivity contribution is -0.130. The molecule has 3 rings (SSSR count). The minimum Gasteiger partial charge on any atom is -0.476 e. The van der Waals surface area contributed by atoms with Crippen molar-refractivity contribution in [3.8, 4) is 0 Å². The first-order chi connectivity index (χ1) is 12.0. The molecule has 0 bridgehead atoms. The average Bonchev–Trinajstić information content (AvgIpc) is 2.64. The van der Waals surface area contributed by atoms with Crippen LogP contribution in [0.15, 0.2) is 36.7 Å². The van der Waals surface area contributed by atoms with E-state index in [2.05, 4.69) is 9.97 Å². The second-order valence-corrected chi connectivity index (χ2v) is 6.04. The molecule has 1 aromatic heterocycles. The Labute approximate surface area is 145 Å². The number of carboxylic acid groups (broad SMARTS) is 1. The maximum Gasteiger partial charge on any atom is 0.356 e. The first kappa shape index (κ1) is 16.9. The summed E-state index contributed by atoms with van der Waals surface area (Å²) < 4.78 is 0. The second-order valence-electron chi connectivity index (χ2n) is 6.04. The fourth-order valence-corrected chi connectivity index (χ4v) is 2.86. The maximum atomic E-state index is 12.5. The van der Waals surface area contributed by atoms with Gasteiger partial charge in [0.2, 0.25) is 5.91 Å². The Balaban J connectivity index is 1.57. The Morgan fingerprint density at radius 3 is 2.40 bits per heavy atom. The van der Waals surface area contributed by atoms with Crippen molar-refractivity contribution in [2.45, 2.75) is 13.3 Å². The Hall–Kier alpha value is -2.96. The Morgan fingerprint density at radius 2 is 1.80 bits per heavy atom. The van der Waals surface area contributed by atoms with E-state index >= 15 is 0 Å². The van der Waals surface area contributed by atoms with Gasteiger partial charge in [-0.05, 0) is 18.1 Å². The highest BCUT2D eigenvalue weighted by atomic mass is 16.4. The number of benzene rings is 1. The van der Waals surface area contributed by atoms with Crippen molar-refractivity contribution in [3.63, 3.8) is 0 Å². The van der Waals surface area contributed by atoms with Crippen LogP contribution < -0.4 is 4.90 Å². The molecule has 0 atom stereocenters. The van der Waals surface area contributed by atoms with Crippen LogP contribution in [0.3, 0.4) is 0 Å². The monoisotopic (exact) mass is 340 g/mol. The summed E-state index contributed by atoms with van der Waals surface area (Å²) in [7, 11) is 0. The molecular formula is C18H20N4O3. The van der Waals surface area contributed by atoms with E-state index in [1.807, 2.05) is 41.0 Å². The molecule has 1 fully saturated rings. The van der Waals surface area contributed by atoms with Crippen LogP contribution in [0.4, 0.5) is 5.82 Å². The molecule has 1 aromatic carbocycles. The summed E-state index contributed by atoms with van der Waals surface area (Å²) in [5.41, 5.74) is 2.11. The van der Waals surface area contributed by atoms with E-state index in [0.29, 0.717) is 38.4 Å². The van der Waals surface area contributed by atoms with E-state index in [1.54, 1.807) is 0 Å². The van der Waals surface area contributed by atoms with E-state index in [1.165, 1.54) is 12.4 Å². The topological polar surface area (TPSA) is 86.6 Å². The van der Waals surface area contributed by atoms with Gasteiger partial charge in [0.15, 0.2) is 5.69 Å². The van der Waals surface area contributed by atoms with E-state index < -0.39 is 5.97 Å². The molecule has 7 nitrogen and oxygen atoms in total. The van der Waals surface area contributed by atoms with Crippen molar-refractivity contribution < 1.29 is 14.7 Å². The van der Waals surface area contributed by atoms with Gasteiger partial charge in [-0.15, -0.1) is 0 Å². The molecular weight excluding hydrogens is 320 g/mol. The number of aromatic nitrogens is 2. The molecule has 2 heterocycles. The highest BCUT2D eigenvalue weighted by Crippen LogP contribution is 2.14. The number of rotatable bonds is 4. The van der Waals surface area contributed by atoms with Crippen LogP contribution in [0.25, 0.3) is 0 Å². The van der Waals surface area contributed by atoms with Crippen LogP contribution in [0.5, 0.6) is 0 Å². The van der Waals surface area contributed by atoms with Crippen molar-refractivity contribution in [1.29, 1.82) is 0 Å². The van der Waals surface area contributed by atoms with Gasteiger partial charge >= 0.3 is 5.97 Å². The van der Waals surface area contributed by atoms with Gasteiger partial charge in [-0.3, -0.25) is 4.79 Å². The predicted molar refractivity (Wildman–Crippen MR) is 92.7 cm³/mol. The molecule has 1 amide bonds. The molecule has 130 valence electrons. The number of piperazine rings is 1. The summed E-state index contributed by atoms with van der Waals surface area (Å²) in [4.78, 5) is 35.2. The number of anilines is 1. The number of nitrogens with zero attached hydrogens (tertiary/aromatic N) is 4. The third kappa shape index (κ3) is 3.93. The van der Waals surface area contributed by atoms with Gasteiger partial charge in [0.05, 0.1) is 18.8 Å². The molecule has 0 aliphatic carbocycles. The largest absolute Gasteiger partial charge is 0.476 e. The Kier molecular flexibility index (Phi) is 4.92. The first-order valence-corrected chi connectivity index (χ1v) is 8.17. The SMILES string of the molecule is Cc1ccccc1CC(=O)N1CCN(c2cnc(C(=O)O)cn2)CC1. The number of carbonyl (C=O) groups excluding carboxylic acids is 1. The lowest BCUT2D eigenvalue weighted by Crippen LogP contribution is -2.49. The summed E-state index contributed by atoms with van der Waals surface area (Å²) in [5.74, 6) is -0.331. The number of aromatic carboxylic acids is 1. The predicted octanol–water partition coefficient (Wildman–Crippen LogP) is 1.37. The number of aryl methyl sites for hydroxylation is 1.